The molecule has 1 aliphatic heterocycles. The summed E-state index contributed by atoms with van der Waals surface area (Å²) in [6, 6.07) is 15.7. The lowest BCUT2D eigenvalue weighted by Crippen LogP contribution is -2.72. The maximum Gasteiger partial charge on any atom is 0.415 e. The number of rotatable bonds is 3. The molecule has 0 saturated carbocycles. The van der Waals surface area contributed by atoms with Crippen LogP contribution < -0.4 is 16.2 Å². The van der Waals surface area contributed by atoms with E-state index in [-0.39, 0.29) is 5.76 Å². The number of benzene rings is 2. The summed E-state index contributed by atoms with van der Waals surface area (Å²) in [6.07, 6.45) is 0. The van der Waals surface area contributed by atoms with Crippen LogP contribution in [0.5, 0.6) is 0 Å². The Hall–Kier alpha value is -3.67. The molecule has 6 heteroatoms. The maximum absolute atomic E-state index is 13.1. The third kappa shape index (κ3) is 2.75. The van der Waals surface area contributed by atoms with E-state index in [1.807, 2.05) is 43.3 Å². The van der Waals surface area contributed by atoms with Crippen LogP contribution in [0.1, 0.15) is 60.4 Å². The lowest BCUT2D eigenvalue weighted by molar-refractivity contribution is -0.364. The third-order valence-corrected chi connectivity index (χ3v) is 6.28. The molecule has 0 fully saturated rings. The normalized spacial score (nSPS) is 16.8. The van der Waals surface area contributed by atoms with Gasteiger partial charge in [0.05, 0.1) is 18.0 Å². The van der Waals surface area contributed by atoms with E-state index in [1.54, 1.807) is 0 Å². The molecular formula is C25H24N3O3+. The Balaban J connectivity index is 1.86. The van der Waals surface area contributed by atoms with Gasteiger partial charge in [-0.05, 0) is 30.0 Å². The molecule has 156 valence electrons. The minimum atomic E-state index is -0.498. The molecule has 1 aromatic heterocycles. The third-order valence-electron chi connectivity index (χ3n) is 6.28. The Morgan fingerprint density at radius 2 is 1.74 bits per heavy atom. The lowest BCUT2D eigenvalue weighted by atomic mass is 9.81. The number of hydrogen-bond donors (Lipinski definition) is 3. The van der Waals surface area contributed by atoms with Crippen molar-refractivity contribution in [3.05, 3.63) is 103 Å². The van der Waals surface area contributed by atoms with E-state index in [4.69, 9.17) is 0 Å². The second-order valence-electron chi connectivity index (χ2n) is 8.33. The Kier molecular flexibility index (Phi) is 4.32. The first-order chi connectivity index (χ1) is 14.9. The first-order valence-corrected chi connectivity index (χ1v) is 10.6. The summed E-state index contributed by atoms with van der Waals surface area (Å²) in [5.41, 5.74) is 4.63. The Bertz CT molecular complexity index is 1390. The molecule has 1 atom stereocenters. The van der Waals surface area contributed by atoms with Gasteiger partial charge in [-0.25, -0.2) is 9.79 Å². The molecule has 2 aliphatic rings. The van der Waals surface area contributed by atoms with E-state index in [0.717, 1.165) is 22.4 Å². The summed E-state index contributed by atoms with van der Waals surface area (Å²) >= 11 is 0. The van der Waals surface area contributed by atoms with Gasteiger partial charge in [0.25, 0.3) is 11.4 Å². The Morgan fingerprint density at radius 1 is 1.06 bits per heavy atom. The average molecular weight is 414 g/mol. The number of aliphatic hydroxyl groups excluding tert-OH is 1. The molecule has 0 spiro atoms. The zero-order valence-electron chi connectivity index (χ0n) is 17.7. The van der Waals surface area contributed by atoms with Crippen LogP contribution in [0.2, 0.25) is 0 Å². The summed E-state index contributed by atoms with van der Waals surface area (Å²) in [6.45, 7) is 6.54. The van der Waals surface area contributed by atoms with Crippen molar-refractivity contribution in [2.45, 2.75) is 39.2 Å². The number of nitrogens with zero attached hydrogens (tertiary/aromatic N) is 1. The standard InChI is InChI=1S/C25H23N3O3/c1-4-28-23-20(24(30)27-25(28)31)18(15-11-9-14(10-12-15)13(2)3)19-21(26-23)16-7-5-6-8-17(16)22(19)29/h5-13,18,29H,4H2,1-3H3,(H,27,30,31)/p+1. The summed E-state index contributed by atoms with van der Waals surface area (Å²) in [5.74, 6) is 0.531. The Labute approximate surface area is 179 Å². The van der Waals surface area contributed by atoms with Crippen LogP contribution >= 0.6 is 0 Å². The topological polar surface area (TPSA) is 89.1 Å². The molecule has 5 rings (SSSR count). The van der Waals surface area contributed by atoms with Gasteiger partial charge in [-0.1, -0.05) is 56.3 Å². The molecule has 0 saturated heterocycles. The van der Waals surface area contributed by atoms with Gasteiger partial charge in [-0.3, -0.25) is 9.78 Å². The Morgan fingerprint density at radius 3 is 2.39 bits per heavy atom. The van der Waals surface area contributed by atoms with Crippen molar-refractivity contribution in [1.82, 2.24) is 9.55 Å². The van der Waals surface area contributed by atoms with Crippen molar-refractivity contribution in [3.8, 4) is 0 Å². The summed E-state index contributed by atoms with van der Waals surface area (Å²) < 4.78 is 1.54. The molecule has 2 heterocycles. The zero-order valence-corrected chi connectivity index (χ0v) is 17.7. The van der Waals surface area contributed by atoms with Crippen LogP contribution in [-0.2, 0) is 6.54 Å². The van der Waals surface area contributed by atoms with Crippen molar-refractivity contribution in [2.75, 3.05) is 0 Å². The predicted molar refractivity (Wildman–Crippen MR) is 120 cm³/mol. The van der Waals surface area contributed by atoms with E-state index in [1.165, 1.54) is 10.1 Å². The van der Waals surface area contributed by atoms with Gasteiger partial charge >= 0.3 is 5.69 Å². The second kappa shape index (κ2) is 6.94. The van der Waals surface area contributed by atoms with Gasteiger partial charge in [0.15, 0.2) is 0 Å². The fraction of sp³-hybridized carbons (Fsp3) is 0.240. The van der Waals surface area contributed by atoms with Crippen LogP contribution in [0.4, 0.5) is 5.82 Å². The molecule has 0 radical (unpaired) electrons. The number of H-pyrrole nitrogens is 1. The number of fused-ring (bicyclic) bond motifs is 4. The molecule has 0 bridgehead atoms. The fourth-order valence-corrected chi connectivity index (χ4v) is 4.69. The van der Waals surface area contributed by atoms with Gasteiger partial charge in [-0.2, -0.15) is 4.57 Å². The zero-order chi connectivity index (χ0) is 21.9. The maximum atomic E-state index is 13.1. The number of hydrogen-bond acceptors (Lipinski definition) is 3. The SMILES string of the molecule is CCn1c2c(c(=O)[nH]c1=O)C(c1ccc(C(C)C)cc1)C1=C(O)c3ccccc3C1=[NH+]2. The minimum absolute atomic E-state index is 0.162. The average Bonchev–Trinajstić information content (AvgIpc) is 3.05. The van der Waals surface area contributed by atoms with Crippen molar-refractivity contribution >= 4 is 17.3 Å². The molecule has 1 unspecified atom stereocenters. The molecule has 31 heavy (non-hydrogen) atoms. The van der Waals surface area contributed by atoms with Crippen molar-refractivity contribution in [1.29, 1.82) is 0 Å². The van der Waals surface area contributed by atoms with Crippen molar-refractivity contribution in [2.24, 2.45) is 0 Å². The quantitative estimate of drug-likeness (QED) is 0.615. The number of nitrogens with one attached hydrogen (secondary N) is 2. The molecule has 3 aromatic rings. The number of aliphatic hydroxyl groups is 1. The van der Waals surface area contributed by atoms with E-state index in [9.17, 15) is 14.7 Å². The van der Waals surface area contributed by atoms with E-state index in [0.29, 0.717) is 29.4 Å². The molecule has 6 nitrogen and oxygen atoms in total. The smallest absolute Gasteiger partial charge is 0.415 e. The van der Waals surface area contributed by atoms with Crippen LogP contribution in [0, 0.1) is 0 Å². The van der Waals surface area contributed by atoms with E-state index in [2.05, 4.69) is 36.0 Å². The number of aromatic nitrogens is 2. The van der Waals surface area contributed by atoms with Crippen LogP contribution in [0.3, 0.4) is 0 Å². The van der Waals surface area contributed by atoms with Gasteiger partial charge in [0, 0.05) is 11.1 Å². The second-order valence-corrected chi connectivity index (χ2v) is 8.33. The van der Waals surface area contributed by atoms with E-state index >= 15 is 0 Å². The first kappa shape index (κ1) is 19.3. The van der Waals surface area contributed by atoms with Gasteiger partial charge < -0.3 is 5.11 Å². The van der Waals surface area contributed by atoms with Crippen molar-refractivity contribution in [3.63, 3.8) is 0 Å². The van der Waals surface area contributed by atoms with Gasteiger partial charge in [-0.15, -0.1) is 0 Å². The highest BCUT2D eigenvalue weighted by atomic mass is 16.3. The van der Waals surface area contributed by atoms with E-state index < -0.39 is 17.2 Å². The van der Waals surface area contributed by atoms with Crippen LogP contribution in [0.25, 0.3) is 5.76 Å². The van der Waals surface area contributed by atoms with Crippen molar-refractivity contribution < 1.29 is 10.1 Å². The predicted octanol–water partition coefficient (Wildman–Crippen LogP) is 2.31. The molecule has 3 N–H and O–H groups in total. The highest BCUT2D eigenvalue weighted by Gasteiger charge is 2.44. The highest BCUT2D eigenvalue weighted by molar-refractivity contribution is 6.21. The summed E-state index contributed by atoms with van der Waals surface area (Å²) in [5, 5.41) is 11.2. The fourth-order valence-electron chi connectivity index (χ4n) is 4.69. The summed E-state index contributed by atoms with van der Waals surface area (Å²) in [7, 11) is 0. The summed E-state index contributed by atoms with van der Waals surface area (Å²) in [4.78, 5) is 31.3. The number of allylic oxidation sites excluding steroid dienone is 1. The first-order valence-electron chi connectivity index (χ1n) is 10.6. The molecular weight excluding hydrogens is 390 g/mol. The van der Waals surface area contributed by atoms with Crippen LogP contribution in [-0.4, -0.2) is 20.4 Å². The highest BCUT2D eigenvalue weighted by Crippen LogP contribution is 2.43. The van der Waals surface area contributed by atoms with Gasteiger partial charge in [0.2, 0.25) is 0 Å². The number of aromatic amines is 1. The van der Waals surface area contributed by atoms with Gasteiger partial charge in [0.1, 0.15) is 17.0 Å². The van der Waals surface area contributed by atoms with Crippen LogP contribution in [0.15, 0.2) is 63.7 Å². The molecule has 0 amide bonds. The monoisotopic (exact) mass is 414 g/mol. The lowest BCUT2D eigenvalue weighted by Gasteiger charge is -2.24. The molecule has 2 aromatic carbocycles. The minimum Gasteiger partial charge on any atom is -0.507 e. The molecule has 1 aliphatic carbocycles. The largest absolute Gasteiger partial charge is 0.507 e.